The van der Waals surface area contributed by atoms with Crippen LogP contribution in [0.25, 0.3) is 0 Å². The number of halogens is 1. The number of hydrogen-bond acceptors (Lipinski definition) is 3. The number of nitrogens with one attached hydrogen (secondary N) is 2. The van der Waals surface area contributed by atoms with E-state index in [1.54, 1.807) is 6.20 Å². The number of anilines is 1. The molecule has 2 heterocycles. The first-order valence-corrected chi connectivity index (χ1v) is 6.18. The van der Waals surface area contributed by atoms with E-state index in [0.29, 0.717) is 23.3 Å². The molecule has 0 aromatic carbocycles. The predicted octanol–water partition coefficient (Wildman–Crippen LogP) is 2.12. The average molecular weight is 254 g/mol. The molecule has 0 bridgehead atoms. The number of rotatable bonds is 3. The van der Waals surface area contributed by atoms with E-state index in [-0.39, 0.29) is 5.91 Å². The molecule has 1 aliphatic rings. The summed E-state index contributed by atoms with van der Waals surface area (Å²) in [5.41, 5.74) is 1.57. The molecule has 1 saturated heterocycles. The fourth-order valence-corrected chi connectivity index (χ4v) is 2.10. The van der Waals surface area contributed by atoms with E-state index in [1.165, 1.54) is 0 Å². The summed E-state index contributed by atoms with van der Waals surface area (Å²) in [7, 11) is 0. The number of carbonyl (C=O) groups excluding carboxylic acids is 1. The van der Waals surface area contributed by atoms with Gasteiger partial charge < -0.3 is 10.6 Å². The van der Waals surface area contributed by atoms with Crippen LogP contribution >= 0.6 is 11.6 Å². The van der Waals surface area contributed by atoms with Crippen molar-refractivity contribution in [2.75, 3.05) is 11.9 Å². The molecule has 2 rings (SSSR count). The number of aromatic nitrogens is 1. The average Bonchev–Trinajstić information content (AvgIpc) is 2.76. The van der Waals surface area contributed by atoms with Crippen molar-refractivity contribution in [2.24, 2.45) is 0 Å². The summed E-state index contributed by atoms with van der Waals surface area (Å²) in [6, 6.07) is 2.14. The van der Waals surface area contributed by atoms with Crippen LogP contribution in [0.2, 0.25) is 5.15 Å². The normalized spacial score (nSPS) is 19.3. The van der Waals surface area contributed by atoms with Crippen molar-refractivity contribution in [1.82, 2.24) is 10.3 Å². The molecule has 1 amide bonds. The molecule has 0 aliphatic carbocycles. The van der Waals surface area contributed by atoms with Gasteiger partial charge in [-0.2, -0.15) is 0 Å². The van der Waals surface area contributed by atoms with Gasteiger partial charge in [-0.15, -0.1) is 0 Å². The number of aryl methyl sites for hydroxylation is 1. The second-order valence-electron chi connectivity index (χ2n) is 4.38. The molecule has 0 radical (unpaired) electrons. The summed E-state index contributed by atoms with van der Waals surface area (Å²) in [4.78, 5) is 15.8. The molecule has 1 aromatic rings. The lowest BCUT2D eigenvalue weighted by molar-refractivity contribution is -0.116. The summed E-state index contributed by atoms with van der Waals surface area (Å²) in [6.45, 7) is 2.88. The summed E-state index contributed by atoms with van der Waals surface area (Å²) in [5, 5.41) is 6.61. The molecule has 0 saturated carbocycles. The number of carbonyl (C=O) groups is 1. The zero-order valence-electron chi connectivity index (χ0n) is 9.79. The van der Waals surface area contributed by atoms with Crippen LogP contribution in [-0.2, 0) is 4.79 Å². The zero-order chi connectivity index (χ0) is 12.3. The fourth-order valence-electron chi connectivity index (χ4n) is 1.99. The Balaban J connectivity index is 1.90. The first kappa shape index (κ1) is 12.3. The van der Waals surface area contributed by atoms with Crippen LogP contribution in [0.1, 0.15) is 24.8 Å². The Hall–Kier alpha value is -1.13. The van der Waals surface area contributed by atoms with Crippen LogP contribution in [0.4, 0.5) is 5.69 Å². The van der Waals surface area contributed by atoms with Gasteiger partial charge in [-0.1, -0.05) is 11.6 Å². The van der Waals surface area contributed by atoms with E-state index in [1.807, 2.05) is 13.0 Å². The van der Waals surface area contributed by atoms with E-state index in [9.17, 15) is 4.79 Å². The van der Waals surface area contributed by atoms with Crippen LogP contribution in [0.5, 0.6) is 0 Å². The van der Waals surface area contributed by atoms with Gasteiger partial charge in [-0.3, -0.25) is 4.79 Å². The molecule has 5 heteroatoms. The topological polar surface area (TPSA) is 54.0 Å². The van der Waals surface area contributed by atoms with Crippen LogP contribution < -0.4 is 10.6 Å². The minimum absolute atomic E-state index is 0.0212. The number of nitrogens with zero attached hydrogens (tertiary/aromatic N) is 1. The molecule has 2 N–H and O–H groups in total. The third-order valence-corrected chi connectivity index (χ3v) is 3.29. The van der Waals surface area contributed by atoms with E-state index < -0.39 is 0 Å². The molecular formula is C12H16ClN3O. The first-order chi connectivity index (χ1) is 8.15. The molecular weight excluding hydrogens is 238 g/mol. The number of amides is 1. The van der Waals surface area contributed by atoms with Crippen molar-refractivity contribution in [3.63, 3.8) is 0 Å². The molecule has 92 valence electrons. The Morgan fingerprint density at radius 2 is 2.53 bits per heavy atom. The van der Waals surface area contributed by atoms with Crippen molar-refractivity contribution in [3.05, 3.63) is 23.0 Å². The van der Waals surface area contributed by atoms with Gasteiger partial charge in [0.2, 0.25) is 5.91 Å². The highest BCUT2D eigenvalue weighted by atomic mass is 35.5. The monoisotopic (exact) mass is 253 g/mol. The Morgan fingerprint density at radius 3 is 3.18 bits per heavy atom. The molecule has 1 fully saturated rings. The van der Waals surface area contributed by atoms with Crippen molar-refractivity contribution < 1.29 is 4.79 Å². The molecule has 17 heavy (non-hydrogen) atoms. The van der Waals surface area contributed by atoms with Crippen LogP contribution in [-0.4, -0.2) is 23.5 Å². The number of hydrogen-bond donors (Lipinski definition) is 2. The van der Waals surface area contributed by atoms with Crippen LogP contribution in [0.3, 0.4) is 0 Å². The van der Waals surface area contributed by atoms with Gasteiger partial charge in [0.1, 0.15) is 5.15 Å². The Bertz CT molecular complexity index is 416. The van der Waals surface area contributed by atoms with E-state index in [2.05, 4.69) is 15.6 Å². The third kappa shape index (κ3) is 3.41. The summed E-state index contributed by atoms with van der Waals surface area (Å²) >= 11 is 5.82. The third-order valence-electron chi connectivity index (χ3n) is 2.89. The largest absolute Gasteiger partial charge is 0.325 e. The number of pyridine rings is 1. The van der Waals surface area contributed by atoms with Crippen molar-refractivity contribution in [2.45, 2.75) is 32.2 Å². The summed E-state index contributed by atoms with van der Waals surface area (Å²) < 4.78 is 0. The molecule has 1 unspecified atom stereocenters. The van der Waals surface area contributed by atoms with Gasteiger partial charge in [-0.25, -0.2) is 4.98 Å². The zero-order valence-corrected chi connectivity index (χ0v) is 10.5. The van der Waals surface area contributed by atoms with Gasteiger partial charge in [-0.05, 0) is 37.9 Å². The Morgan fingerprint density at radius 1 is 1.71 bits per heavy atom. The smallest absolute Gasteiger partial charge is 0.225 e. The van der Waals surface area contributed by atoms with E-state index in [4.69, 9.17) is 11.6 Å². The minimum atomic E-state index is 0.0212. The second-order valence-corrected chi connectivity index (χ2v) is 4.74. The van der Waals surface area contributed by atoms with Gasteiger partial charge in [0.05, 0.1) is 11.9 Å². The van der Waals surface area contributed by atoms with Gasteiger partial charge >= 0.3 is 0 Å². The van der Waals surface area contributed by atoms with Gasteiger partial charge in [0, 0.05) is 12.5 Å². The van der Waals surface area contributed by atoms with Crippen molar-refractivity contribution in [3.8, 4) is 0 Å². The quantitative estimate of drug-likeness (QED) is 0.812. The van der Waals surface area contributed by atoms with E-state index >= 15 is 0 Å². The maximum absolute atomic E-state index is 11.8. The maximum atomic E-state index is 11.8. The highest BCUT2D eigenvalue weighted by Crippen LogP contribution is 2.17. The lowest BCUT2D eigenvalue weighted by Gasteiger charge is -2.10. The minimum Gasteiger partial charge on any atom is -0.325 e. The highest BCUT2D eigenvalue weighted by Gasteiger charge is 2.17. The van der Waals surface area contributed by atoms with E-state index in [0.717, 1.165) is 24.9 Å². The highest BCUT2D eigenvalue weighted by molar-refractivity contribution is 6.30. The molecule has 4 nitrogen and oxygen atoms in total. The maximum Gasteiger partial charge on any atom is 0.225 e. The fraction of sp³-hybridized carbons (Fsp3) is 0.500. The lowest BCUT2D eigenvalue weighted by atomic mass is 10.1. The summed E-state index contributed by atoms with van der Waals surface area (Å²) in [6.07, 6.45) is 4.32. The molecule has 0 spiro atoms. The van der Waals surface area contributed by atoms with Crippen LogP contribution in [0, 0.1) is 6.92 Å². The first-order valence-electron chi connectivity index (χ1n) is 5.80. The Labute approximate surface area is 106 Å². The van der Waals surface area contributed by atoms with Crippen molar-refractivity contribution in [1.29, 1.82) is 0 Å². The molecule has 1 aliphatic heterocycles. The SMILES string of the molecule is Cc1cc(NC(=O)CC2CCCN2)cnc1Cl. The van der Waals surface area contributed by atoms with Gasteiger partial charge in [0.15, 0.2) is 0 Å². The summed E-state index contributed by atoms with van der Waals surface area (Å²) in [5.74, 6) is 0.0212. The van der Waals surface area contributed by atoms with Crippen LogP contribution in [0.15, 0.2) is 12.3 Å². The second kappa shape index (κ2) is 5.47. The van der Waals surface area contributed by atoms with Crippen molar-refractivity contribution >= 4 is 23.2 Å². The lowest BCUT2D eigenvalue weighted by Crippen LogP contribution is -2.27. The molecule has 1 atom stereocenters. The molecule has 1 aromatic heterocycles. The predicted molar refractivity (Wildman–Crippen MR) is 68.3 cm³/mol. The Kier molecular flexibility index (Phi) is 3.97. The van der Waals surface area contributed by atoms with Gasteiger partial charge in [0.25, 0.3) is 0 Å². The standard InChI is InChI=1S/C12H16ClN3O/c1-8-5-10(7-15-12(8)13)16-11(17)6-9-3-2-4-14-9/h5,7,9,14H,2-4,6H2,1H3,(H,16,17).